The van der Waals surface area contributed by atoms with Gasteiger partial charge in [-0.3, -0.25) is 4.79 Å². The van der Waals surface area contributed by atoms with Crippen LogP contribution in [0.2, 0.25) is 0 Å². The third-order valence-electron chi connectivity index (χ3n) is 4.24. The Balaban J connectivity index is 1.90. The molecule has 0 bridgehead atoms. The number of rotatable bonds is 5. The number of carbonyl (C=O) groups excluding carboxylic acids is 2. The summed E-state index contributed by atoms with van der Waals surface area (Å²) in [4.78, 5) is 24.4. The van der Waals surface area contributed by atoms with Crippen molar-refractivity contribution in [2.45, 2.75) is 57.6 Å². The lowest BCUT2D eigenvalue weighted by molar-refractivity contribution is -0.129. The summed E-state index contributed by atoms with van der Waals surface area (Å²) in [6, 6.07) is 5.10. The highest BCUT2D eigenvalue weighted by Gasteiger charge is 2.22. The zero-order valence-corrected chi connectivity index (χ0v) is 15.7. The number of hydrogen-bond acceptors (Lipinski definition) is 4. The molecule has 0 spiro atoms. The minimum atomic E-state index is -0.818. The minimum absolute atomic E-state index is 0.191. The summed E-state index contributed by atoms with van der Waals surface area (Å²) in [7, 11) is 1.55. The van der Waals surface area contributed by atoms with Crippen molar-refractivity contribution in [1.82, 2.24) is 5.32 Å². The average molecular weight is 398 g/mol. The van der Waals surface area contributed by atoms with Gasteiger partial charge in [0.05, 0.1) is 17.1 Å². The molecule has 0 aliphatic heterocycles. The molecule has 1 fully saturated rings. The van der Waals surface area contributed by atoms with Gasteiger partial charge in [-0.2, -0.15) is 0 Å². The molecule has 1 amide bonds. The van der Waals surface area contributed by atoms with Crippen LogP contribution in [0.15, 0.2) is 22.7 Å². The second-order valence-corrected chi connectivity index (χ2v) is 6.95. The van der Waals surface area contributed by atoms with Gasteiger partial charge in [0.2, 0.25) is 0 Å². The van der Waals surface area contributed by atoms with E-state index in [1.54, 1.807) is 32.2 Å². The van der Waals surface area contributed by atoms with Gasteiger partial charge in [0.15, 0.2) is 6.10 Å². The molecular weight excluding hydrogens is 374 g/mol. The second-order valence-electron chi connectivity index (χ2n) is 6.09. The molecule has 0 aromatic heterocycles. The van der Waals surface area contributed by atoms with Crippen LogP contribution in [0.3, 0.4) is 0 Å². The van der Waals surface area contributed by atoms with E-state index < -0.39 is 12.1 Å². The topological polar surface area (TPSA) is 64.6 Å². The van der Waals surface area contributed by atoms with Crippen LogP contribution in [0.1, 0.15) is 55.8 Å². The summed E-state index contributed by atoms with van der Waals surface area (Å²) in [5.41, 5.74) is 0.372. The number of ether oxygens (including phenoxy) is 2. The van der Waals surface area contributed by atoms with Gasteiger partial charge in [-0.1, -0.05) is 25.7 Å². The first-order valence-electron chi connectivity index (χ1n) is 8.36. The van der Waals surface area contributed by atoms with Crippen molar-refractivity contribution in [3.63, 3.8) is 0 Å². The molecule has 0 unspecified atom stereocenters. The number of benzene rings is 1. The quantitative estimate of drug-likeness (QED) is 0.605. The Morgan fingerprint density at radius 2 is 1.88 bits per heavy atom. The van der Waals surface area contributed by atoms with E-state index in [9.17, 15) is 9.59 Å². The van der Waals surface area contributed by atoms with Crippen LogP contribution in [0, 0.1) is 0 Å². The van der Waals surface area contributed by atoms with Crippen LogP contribution in [-0.2, 0) is 9.53 Å². The lowest BCUT2D eigenvalue weighted by Crippen LogP contribution is -2.41. The zero-order chi connectivity index (χ0) is 17.5. The number of amides is 1. The predicted molar refractivity (Wildman–Crippen MR) is 95.2 cm³/mol. The monoisotopic (exact) mass is 397 g/mol. The highest BCUT2D eigenvalue weighted by molar-refractivity contribution is 9.10. The molecule has 1 aliphatic rings. The molecule has 0 radical (unpaired) electrons. The summed E-state index contributed by atoms with van der Waals surface area (Å²) >= 11 is 3.33. The van der Waals surface area contributed by atoms with Gasteiger partial charge in [-0.15, -0.1) is 0 Å². The van der Waals surface area contributed by atoms with Crippen LogP contribution >= 0.6 is 15.9 Å². The maximum absolute atomic E-state index is 12.2. The molecule has 1 atom stereocenters. The van der Waals surface area contributed by atoms with Gasteiger partial charge in [-0.05, 0) is 53.9 Å². The normalized spacial score (nSPS) is 16.8. The molecule has 0 saturated heterocycles. The number of methoxy groups -OCH3 is 1. The first-order chi connectivity index (χ1) is 11.5. The Hall–Kier alpha value is -1.56. The van der Waals surface area contributed by atoms with Crippen molar-refractivity contribution >= 4 is 27.8 Å². The Morgan fingerprint density at radius 3 is 2.46 bits per heavy atom. The Bertz CT molecular complexity index is 582. The molecule has 6 heteroatoms. The summed E-state index contributed by atoms with van der Waals surface area (Å²) in [6.45, 7) is 1.60. The van der Waals surface area contributed by atoms with E-state index in [4.69, 9.17) is 9.47 Å². The van der Waals surface area contributed by atoms with E-state index in [1.165, 1.54) is 12.8 Å². The second kappa shape index (κ2) is 9.06. The maximum atomic E-state index is 12.2. The Kier molecular flexibility index (Phi) is 7.09. The van der Waals surface area contributed by atoms with E-state index in [1.807, 2.05) is 0 Å². The summed E-state index contributed by atoms with van der Waals surface area (Å²) < 4.78 is 11.1. The molecule has 5 nitrogen and oxygen atoms in total. The highest BCUT2D eigenvalue weighted by atomic mass is 79.9. The standard InChI is InChI=1S/C18H24BrNO4/c1-12(17(21)20-14-7-5-3-4-6-8-14)24-18(22)13-9-10-16(23-2)15(19)11-13/h9-12,14H,3-8H2,1-2H3,(H,20,21)/t12-/m1/s1. The largest absolute Gasteiger partial charge is 0.496 e. The van der Waals surface area contributed by atoms with Crippen molar-refractivity contribution in [1.29, 1.82) is 0 Å². The third-order valence-corrected chi connectivity index (χ3v) is 4.86. The highest BCUT2D eigenvalue weighted by Crippen LogP contribution is 2.26. The molecular formula is C18H24BrNO4. The number of esters is 1. The van der Waals surface area contributed by atoms with Crippen LogP contribution in [-0.4, -0.2) is 31.1 Å². The van der Waals surface area contributed by atoms with Crippen LogP contribution < -0.4 is 10.1 Å². The van der Waals surface area contributed by atoms with Gasteiger partial charge in [-0.25, -0.2) is 4.79 Å². The van der Waals surface area contributed by atoms with E-state index in [-0.39, 0.29) is 11.9 Å². The molecule has 1 aliphatic carbocycles. The van der Waals surface area contributed by atoms with Crippen LogP contribution in [0.5, 0.6) is 5.75 Å². The fraction of sp³-hybridized carbons (Fsp3) is 0.556. The smallest absolute Gasteiger partial charge is 0.338 e. The van der Waals surface area contributed by atoms with Crippen LogP contribution in [0.4, 0.5) is 0 Å². The molecule has 1 aromatic carbocycles. The molecule has 0 heterocycles. The molecule has 1 saturated carbocycles. The molecule has 1 N–H and O–H groups in total. The van der Waals surface area contributed by atoms with Gasteiger partial charge < -0.3 is 14.8 Å². The van der Waals surface area contributed by atoms with E-state index >= 15 is 0 Å². The van der Waals surface area contributed by atoms with Gasteiger partial charge in [0, 0.05) is 6.04 Å². The molecule has 2 rings (SSSR count). The Morgan fingerprint density at radius 1 is 1.21 bits per heavy atom. The van der Waals surface area contributed by atoms with E-state index in [0.29, 0.717) is 15.8 Å². The Labute approximate surface area is 151 Å². The van der Waals surface area contributed by atoms with Crippen molar-refractivity contribution in [3.8, 4) is 5.75 Å². The fourth-order valence-corrected chi connectivity index (χ4v) is 3.36. The zero-order valence-electron chi connectivity index (χ0n) is 14.1. The van der Waals surface area contributed by atoms with Crippen molar-refractivity contribution < 1.29 is 19.1 Å². The summed E-state index contributed by atoms with van der Waals surface area (Å²) in [5, 5.41) is 3.00. The van der Waals surface area contributed by atoms with Crippen molar-refractivity contribution in [2.75, 3.05) is 7.11 Å². The molecule has 1 aromatic rings. The minimum Gasteiger partial charge on any atom is -0.496 e. The number of hydrogen-bond donors (Lipinski definition) is 1. The molecule has 132 valence electrons. The molecule has 24 heavy (non-hydrogen) atoms. The van der Waals surface area contributed by atoms with E-state index in [2.05, 4.69) is 21.2 Å². The predicted octanol–water partition coefficient (Wildman–Crippen LogP) is 3.84. The van der Waals surface area contributed by atoms with Gasteiger partial charge in [0.1, 0.15) is 5.75 Å². The summed E-state index contributed by atoms with van der Waals surface area (Å²) in [5.74, 6) is -0.129. The third kappa shape index (κ3) is 5.23. The number of nitrogens with one attached hydrogen (secondary N) is 1. The van der Waals surface area contributed by atoms with Gasteiger partial charge >= 0.3 is 5.97 Å². The fourth-order valence-electron chi connectivity index (χ4n) is 2.82. The number of carbonyl (C=O) groups is 2. The SMILES string of the molecule is COc1ccc(C(=O)O[C@H](C)C(=O)NC2CCCCCC2)cc1Br. The number of halogens is 1. The maximum Gasteiger partial charge on any atom is 0.338 e. The van der Waals surface area contributed by atoms with E-state index in [0.717, 1.165) is 25.7 Å². The summed E-state index contributed by atoms with van der Waals surface area (Å²) in [6.07, 6.45) is 5.90. The average Bonchev–Trinajstić information content (AvgIpc) is 2.83. The lowest BCUT2D eigenvalue weighted by Gasteiger charge is -2.19. The van der Waals surface area contributed by atoms with Crippen molar-refractivity contribution in [3.05, 3.63) is 28.2 Å². The first kappa shape index (κ1) is 18.8. The van der Waals surface area contributed by atoms with Gasteiger partial charge in [0.25, 0.3) is 5.91 Å². The lowest BCUT2D eigenvalue weighted by atomic mass is 10.1. The first-order valence-corrected chi connectivity index (χ1v) is 9.15. The van der Waals surface area contributed by atoms with Crippen molar-refractivity contribution in [2.24, 2.45) is 0 Å². The van der Waals surface area contributed by atoms with Crippen LogP contribution in [0.25, 0.3) is 0 Å².